The maximum Gasteiger partial charge on any atom is 0.306 e. The van der Waals surface area contributed by atoms with Crippen molar-refractivity contribution in [2.24, 2.45) is 0 Å². The molecule has 0 aliphatic heterocycles. The number of allylic oxidation sites excluding steroid dienone is 8. The number of esters is 3. The van der Waals surface area contributed by atoms with Gasteiger partial charge in [-0.3, -0.25) is 14.4 Å². The quantitative estimate of drug-likeness (QED) is 0.0262. The van der Waals surface area contributed by atoms with E-state index in [0.717, 1.165) is 96.3 Å². The number of carbonyl (C=O) groups is 3. The fourth-order valence-electron chi connectivity index (χ4n) is 7.73. The van der Waals surface area contributed by atoms with E-state index in [2.05, 4.69) is 69.4 Å². The molecule has 6 nitrogen and oxygen atoms in total. The number of rotatable bonds is 49. The van der Waals surface area contributed by atoms with Gasteiger partial charge in [0.15, 0.2) is 6.10 Å². The average molecular weight is 883 g/mol. The van der Waals surface area contributed by atoms with Crippen LogP contribution in [0.4, 0.5) is 0 Å². The summed E-state index contributed by atoms with van der Waals surface area (Å²) >= 11 is 0. The predicted molar refractivity (Wildman–Crippen MR) is 270 cm³/mol. The van der Waals surface area contributed by atoms with Crippen LogP contribution in [0.25, 0.3) is 0 Å². The molecule has 0 N–H and O–H groups in total. The minimum atomic E-state index is -0.776. The molecule has 366 valence electrons. The third-order valence-corrected chi connectivity index (χ3v) is 11.8. The zero-order valence-corrected chi connectivity index (χ0v) is 41.8. The van der Waals surface area contributed by atoms with E-state index in [9.17, 15) is 14.4 Å². The van der Waals surface area contributed by atoms with Crippen LogP contribution < -0.4 is 0 Å². The molecule has 0 amide bonds. The van der Waals surface area contributed by atoms with Crippen molar-refractivity contribution in [1.29, 1.82) is 0 Å². The van der Waals surface area contributed by atoms with Crippen molar-refractivity contribution in [3.05, 3.63) is 48.6 Å². The van der Waals surface area contributed by atoms with E-state index < -0.39 is 6.10 Å². The first-order valence-electron chi connectivity index (χ1n) is 27.1. The van der Waals surface area contributed by atoms with Crippen molar-refractivity contribution in [2.45, 2.75) is 284 Å². The van der Waals surface area contributed by atoms with Gasteiger partial charge in [0.1, 0.15) is 13.2 Å². The van der Waals surface area contributed by atoms with Crippen LogP contribution in [0.1, 0.15) is 278 Å². The van der Waals surface area contributed by atoms with Gasteiger partial charge in [0, 0.05) is 19.3 Å². The molecule has 6 heteroatoms. The van der Waals surface area contributed by atoms with Crippen LogP contribution in [0, 0.1) is 0 Å². The Morgan fingerprint density at radius 3 is 1.03 bits per heavy atom. The van der Waals surface area contributed by atoms with Crippen molar-refractivity contribution >= 4 is 17.9 Å². The largest absolute Gasteiger partial charge is 0.462 e. The molecule has 0 aromatic rings. The molecule has 1 unspecified atom stereocenters. The lowest BCUT2D eigenvalue weighted by atomic mass is 10.0. The Morgan fingerprint density at radius 2 is 0.635 bits per heavy atom. The van der Waals surface area contributed by atoms with Crippen LogP contribution in [-0.4, -0.2) is 37.2 Å². The summed E-state index contributed by atoms with van der Waals surface area (Å²) in [6.45, 7) is 6.50. The number of hydrogen-bond donors (Lipinski definition) is 0. The van der Waals surface area contributed by atoms with E-state index >= 15 is 0 Å². The summed E-state index contributed by atoms with van der Waals surface area (Å²) in [7, 11) is 0. The highest BCUT2D eigenvalue weighted by molar-refractivity contribution is 5.71. The van der Waals surface area contributed by atoms with Crippen molar-refractivity contribution < 1.29 is 28.6 Å². The van der Waals surface area contributed by atoms with Crippen molar-refractivity contribution in [3.63, 3.8) is 0 Å². The maximum absolute atomic E-state index is 12.8. The standard InChI is InChI=1S/C57H102O6/c1-4-7-10-13-16-19-22-24-26-28-29-30-32-33-35-38-41-44-47-50-56(59)62-53-54(52-61-55(58)49-46-43-40-37-21-18-15-12-9-6-3)63-57(60)51-48-45-42-39-36-34-31-27-25-23-20-17-14-11-8-5-2/h7,10,15-16,18-19,24,26,54H,4-6,8-9,11-14,17,20-23,25,27-53H2,1-3H3/b10-7-,18-15-,19-16-,26-24-. The van der Waals surface area contributed by atoms with Crippen LogP contribution in [0.2, 0.25) is 0 Å². The van der Waals surface area contributed by atoms with Gasteiger partial charge >= 0.3 is 17.9 Å². The Hall–Kier alpha value is -2.63. The van der Waals surface area contributed by atoms with Crippen molar-refractivity contribution in [1.82, 2.24) is 0 Å². The molecule has 0 aliphatic rings. The average Bonchev–Trinajstić information content (AvgIpc) is 3.28. The number of hydrogen-bond acceptors (Lipinski definition) is 6. The highest BCUT2D eigenvalue weighted by Crippen LogP contribution is 2.16. The molecule has 0 aromatic carbocycles. The Morgan fingerprint density at radius 1 is 0.333 bits per heavy atom. The van der Waals surface area contributed by atoms with Gasteiger partial charge in [-0.1, -0.05) is 236 Å². The highest BCUT2D eigenvalue weighted by Gasteiger charge is 2.19. The summed E-state index contributed by atoms with van der Waals surface area (Å²) in [6.07, 6.45) is 62.4. The summed E-state index contributed by atoms with van der Waals surface area (Å²) in [4.78, 5) is 38.0. The molecule has 0 aliphatic carbocycles. The second kappa shape index (κ2) is 52.0. The molecule has 0 spiro atoms. The van der Waals surface area contributed by atoms with Crippen LogP contribution in [0.5, 0.6) is 0 Å². The Kier molecular flexibility index (Phi) is 49.8. The minimum Gasteiger partial charge on any atom is -0.462 e. The first kappa shape index (κ1) is 60.4. The van der Waals surface area contributed by atoms with Crippen molar-refractivity contribution in [2.75, 3.05) is 13.2 Å². The summed E-state index contributed by atoms with van der Waals surface area (Å²) in [6, 6.07) is 0. The lowest BCUT2D eigenvalue weighted by Crippen LogP contribution is -2.30. The van der Waals surface area contributed by atoms with E-state index in [-0.39, 0.29) is 31.1 Å². The molecular formula is C57H102O6. The lowest BCUT2D eigenvalue weighted by Gasteiger charge is -2.18. The molecule has 0 rings (SSSR count). The zero-order valence-electron chi connectivity index (χ0n) is 41.8. The summed E-state index contributed by atoms with van der Waals surface area (Å²) in [5.74, 6) is -0.885. The van der Waals surface area contributed by atoms with E-state index in [1.54, 1.807) is 0 Å². The fraction of sp³-hybridized carbons (Fsp3) is 0.807. The first-order valence-corrected chi connectivity index (χ1v) is 27.1. The van der Waals surface area contributed by atoms with Gasteiger partial charge < -0.3 is 14.2 Å². The van der Waals surface area contributed by atoms with Gasteiger partial charge in [-0.2, -0.15) is 0 Å². The maximum atomic E-state index is 12.8. The molecule has 63 heavy (non-hydrogen) atoms. The molecule has 1 atom stereocenters. The summed E-state index contributed by atoms with van der Waals surface area (Å²) in [5, 5.41) is 0. The van der Waals surface area contributed by atoms with Gasteiger partial charge in [0.2, 0.25) is 0 Å². The third kappa shape index (κ3) is 50.2. The van der Waals surface area contributed by atoms with Crippen LogP contribution in [0.3, 0.4) is 0 Å². The second-order valence-corrected chi connectivity index (χ2v) is 18.1. The topological polar surface area (TPSA) is 78.9 Å². The van der Waals surface area contributed by atoms with E-state index in [4.69, 9.17) is 14.2 Å². The molecule has 0 radical (unpaired) electrons. The number of ether oxygens (including phenoxy) is 3. The summed E-state index contributed by atoms with van der Waals surface area (Å²) < 4.78 is 16.8. The van der Waals surface area contributed by atoms with Gasteiger partial charge in [-0.15, -0.1) is 0 Å². The second-order valence-electron chi connectivity index (χ2n) is 18.1. The SMILES string of the molecule is CC/C=C\C/C=C\C/C=C\CCCCCCCCCCCC(=O)OCC(COC(=O)CCCCCC/C=C\CCCC)OC(=O)CCCCCCCCCCCCCCCCCC. The lowest BCUT2D eigenvalue weighted by molar-refractivity contribution is -0.167. The molecule has 0 fully saturated rings. The fourth-order valence-corrected chi connectivity index (χ4v) is 7.73. The normalized spacial score (nSPS) is 12.4. The van der Waals surface area contributed by atoms with E-state index in [0.29, 0.717) is 19.3 Å². The molecule has 0 saturated carbocycles. The monoisotopic (exact) mass is 883 g/mol. The van der Waals surface area contributed by atoms with E-state index in [1.807, 2.05) is 0 Å². The highest BCUT2D eigenvalue weighted by atomic mass is 16.6. The van der Waals surface area contributed by atoms with Gasteiger partial charge in [-0.05, 0) is 70.6 Å². The van der Waals surface area contributed by atoms with Gasteiger partial charge in [0.25, 0.3) is 0 Å². The molecule has 0 bridgehead atoms. The Labute approximate surface area is 390 Å². The molecule has 0 aromatic heterocycles. The Bertz CT molecular complexity index is 1110. The van der Waals surface area contributed by atoms with Crippen LogP contribution in [0.15, 0.2) is 48.6 Å². The van der Waals surface area contributed by atoms with E-state index in [1.165, 1.54) is 141 Å². The minimum absolute atomic E-state index is 0.0770. The third-order valence-electron chi connectivity index (χ3n) is 11.8. The molecule has 0 saturated heterocycles. The smallest absolute Gasteiger partial charge is 0.306 e. The molecular weight excluding hydrogens is 781 g/mol. The van der Waals surface area contributed by atoms with Crippen LogP contribution >= 0.6 is 0 Å². The summed E-state index contributed by atoms with van der Waals surface area (Å²) in [5.41, 5.74) is 0. The van der Waals surface area contributed by atoms with Gasteiger partial charge in [0.05, 0.1) is 0 Å². The predicted octanol–water partition coefficient (Wildman–Crippen LogP) is 17.9. The molecule has 0 heterocycles. The Balaban J connectivity index is 4.30. The zero-order chi connectivity index (χ0) is 45.8. The van der Waals surface area contributed by atoms with Crippen molar-refractivity contribution in [3.8, 4) is 0 Å². The van der Waals surface area contributed by atoms with Gasteiger partial charge in [-0.25, -0.2) is 0 Å². The number of unbranched alkanes of at least 4 members (excludes halogenated alkanes) is 30. The number of carbonyl (C=O) groups excluding carboxylic acids is 3. The first-order chi connectivity index (χ1) is 31.0. The van der Waals surface area contributed by atoms with Crippen LogP contribution in [-0.2, 0) is 28.6 Å².